The van der Waals surface area contributed by atoms with E-state index in [4.69, 9.17) is 4.74 Å². The lowest BCUT2D eigenvalue weighted by Gasteiger charge is -2.38. The van der Waals surface area contributed by atoms with E-state index >= 15 is 33.6 Å². The van der Waals surface area contributed by atoms with Gasteiger partial charge in [-0.2, -0.15) is 0 Å². The van der Waals surface area contributed by atoms with Crippen LogP contribution in [0.2, 0.25) is 0 Å². The van der Waals surface area contributed by atoms with Crippen LogP contribution in [0.4, 0.5) is 0 Å². The highest BCUT2D eigenvalue weighted by molar-refractivity contribution is 6.00. The zero-order chi connectivity index (χ0) is 79.4. The predicted molar refractivity (Wildman–Crippen MR) is 405 cm³/mol. The molecule has 0 aliphatic carbocycles. The maximum Gasteiger partial charge on any atom is 0.248 e. The summed E-state index contributed by atoms with van der Waals surface area (Å²) in [6, 6.07) is 5.03. The first-order valence-corrected chi connectivity index (χ1v) is 38.3. The summed E-state index contributed by atoms with van der Waals surface area (Å²) in [5.74, 6) is -9.49. The number of aliphatic hydroxyl groups is 2. The molecule has 4 rings (SSSR count). The number of carbonyl (C=O) groups is 12. The van der Waals surface area contributed by atoms with Gasteiger partial charge in [0.1, 0.15) is 60.4 Å². The maximum atomic E-state index is 15.7. The van der Waals surface area contributed by atoms with Crippen LogP contribution in [-0.2, 0) is 75.1 Å². The van der Waals surface area contributed by atoms with E-state index in [0.29, 0.717) is 38.8 Å². The van der Waals surface area contributed by atoms with Crippen molar-refractivity contribution in [3.8, 4) is 0 Å². The molecule has 0 bridgehead atoms. The highest BCUT2D eigenvalue weighted by atomic mass is 16.5. The van der Waals surface area contributed by atoms with Gasteiger partial charge in [0.15, 0.2) is 0 Å². The van der Waals surface area contributed by atoms with Crippen LogP contribution in [0.1, 0.15) is 171 Å². The van der Waals surface area contributed by atoms with Crippen molar-refractivity contribution in [3.63, 3.8) is 0 Å². The lowest BCUT2D eigenvalue weighted by atomic mass is 9.94. The first-order valence-electron chi connectivity index (χ1n) is 38.3. The third-order valence-corrected chi connectivity index (χ3v) is 20.5. The predicted octanol–water partition coefficient (Wildman–Crippen LogP) is 4.43. The molecule has 12 atom stereocenters. The summed E-state index contributed by atoms with van der Waals surface area (Å²) in [5, 5.41) is 32.8. The van der Waals surface area contributed by atoms with Crippen molar-refractivity contribution in [3.05, 3.63) is 71.8 Å². The van der Waals surface area contributed by atoms with Gasteiger partial charge in [0, 0.05) is 75.4 Å². The Bertz CT molecular complexity index is 3190. The number of likely N-dealkylation sites (N-methyl/N-ethyl adjacent to an activating group) is 6. The lowest BCUT2D eigenvalue weighted by Crippen LogP contribution is -2.63. The largest absolute Gasteiger partial charge is 0.394 e. The molecule has 0 spiro atoms. The van der Waals surface area contributed by atoms with Gasteiger partial charge in [-0.3, -0.25) is 57.5 Å². The van der Waals surface area contributed by atoms with Crippen LogP contribution >= 0.6 is 0 Å². The minimum atomic E-state index is -1.72. The molecule has 2 aliphatic rings. The third kappa shape index (κ3) is 27.0. The fourth-order valence-electron chi connectivity index (χ4n) is 13.7. The number of aliphatic hydroxyl groups excluding tert-OH is 2. The molecule has 12 amide bonds. The second kappa shape index (κ2) is 44.3. The summed E-state index contributed by atoms with van der Waals surface area (Å²) in [6.07, 6.45) is 1.58. The SMILES string of the molecule is CC[C@H](C)[C@@H]1NC(=O)[C@H](CC(C)C)N(C)C(=O)CCCN(C)C(=O)C[C@@H](C(=O)N2CCCCC2)NC(=O)[C@H](CC(C)C)N(C)C(=O)[C@H](CC(C)C)N(C)C(=O)[C@H]([C@@H](C)O)NC(=O)[C@H](CC(C)C)N(C)C(=O)[C@H](COCCO)NC(=O)C(CCc2ccccc2)N(C)C(=O)C(CCc2ccccc2)N(C)C1=O. The number of ether oxygens (including phenoxy) is 1. The van der Waals surface area contributed by atoms with Crippen LogP contribution in [0, 0.1) is 29.6 Å². The Labute approximate surface area is 630 Å². The molecule has 27 nitrogen and oxygen atoms in total. The van der Waals surface area contributed by atoms with Crippen LogP contribution in [0.25, 0.3) is 0 Å². The fraction of sp³-hybridized carbons (Fsp3) is 0.696. The Balaban J connectivity index is 1.97. The van der Waals surface area contributed by atoms with Crippen LogP contribution in [0.3, 0.4) is 0 Å². The molecule has 6 N–H and O–H groups in total. The van der Waals surface area contributed by atoms with Crippen LogP contribution in [0.5, 0.6) is 0 Å². The molecular formula is C79H128N12O15. The molecule has 0 saturated carbocycles. The number of likely N-dealkylation sites (tertiary alicyclic amines) is 1. The highest BCUT2D eigenvalue weighted by Gasteiger charge is 2.45. The van der Waals surface area contributed by atoms with Gasteiger partial charge in [0.05, 0.1) is 32.3 Å². The molecule has 2 aromatic carbocycles. The second-order valence-corrected chi connectivity index (χ2v) is 30.9. The first-order chi connectivity index (χ1) is 50.0. The molecule has 106 heavy (non-hydrogen) atoms. The van der Waals surface area contributed by atoms with E-state index in [1.807, 2.05) is 109 Å². The fourth-order valence-corrected chi connectivity index (χ4v) is 13.7. The number of rotatable bonds is 22. The smallest absolute Gasteiger partial charge is 0.248 e. The third-order valence-electron chi connectivity index (χ3n) is 20.5. The average Bonchev–Trinajstić information content (AvgIpc) is 0.816. The van der Waals surface area contributed by atoms with Crippen molar-refractivity contribution >= 4 is 70.9 Å². The maximum absolute atomic E-state index is 15.7. The number of aryl methyl sites for hydroxylation is 2. The van der Waals surface area contributed by atoms with E-state index in [1.54, 1.807) is 25.7 Å². The van der Waals surface area contributed by atoms with E-state index in [0.717, 1.165) is 27.3 Å². The molecule has 0 aromatic heterocycles. The minimum Gasteiger partial charge on any atom is -0.394 e. The van der Waals surface area contributed by atoms with Crippen molar-refractivity contribution in [2.24, 2.45) is 29.6 Å². The number of benzene rings is 2. The van der Waals surface area contributed by atoms with Crippen molar-refractivity contribution in [2.45, 2.75) is 239 Å². The van der Waals surface area contributed by atoms with Crippen molar-refractivity contribution < 1.29 is 72.5 Å². The zero-order valence-electron chi connectivity index (χ0n) is 66.6. The van der Waals surface area contributed by atoms with Crippen molar-refractivity contribution in [1.29, 1.82) is 0 Å². The van der Waals surface area contributed by atoms with Gasteiger partial charge in [-0.1, -0.05) is 136 Å². The van der Waals surface area contributed by atoms with Gasteiger partial charge >= 0.3 is 0 Å². The van der Waals surface area contributed by atoms with Crippen LogP contribution < -0.4 is 21.3 Å². The Morgan fingerprint density at radius 1 is 0.472 bits per heavy atom. The van der Waals surface area contributed by atoms with Gasteiger partial charge in [-0.25, -0.2) is 0 Å². The monoisotopic (exact) mass is 1480 g/mol. The summed E-state index contributed by atoms with van der Waals surface area (Å²) in [5.41, 5.74) is 1.66. The van der Waals surface area contributed by atoms with E-state index in [1.165, 1.54) is 80.8 Å². The second-order valence-electron chi connectivity index (χ2n) is 30.9. The summed E-state index contributed by atoms with van der Waals surface area (Å²) in [7, 11) is 10.1. The summed E-state index contributed by atoms with van der Waals surface area (Å²) >= 11 is 0. The summed E-state index contributed by atoms with van der Waals surface area (Å²) in [6.45, 7) is 19.3. The summed E-state index contributed by atoms with van der Waals surface area (Å²) in [4.78, 5) is 191. The van der Waals surface area contributed by atoms with Gasteiger partial charge in [0.25, 0.3) is 0 Å². The van der Waals surface area contributed by atoms with Crippen molar-refractivity contribution in [2.75, 3.05) is 88.8 Å². The van der Waals surface area contributed by atoms with E-state index in [2.05, 4.69) is 21.3 Å². The lowest BCUT2D eigenvalue weighted by molar-refractivity contribution is -0.152. The Morgan fingerprint density at radius 2 is 0.887 bits per heavy atom. The number of carbonyl (C=O) groups excluding carboxylic acids is 12. The van der Waals surface area contributed by atoms with Crippen LogP contribution in [-0.4, -0.2) is 276 Å². The number of nitrogens with zero attached hydrogens (tertiary/aromatic N) is 8. The molecule has 2 aromatic rings. The molecule has 594 valence electrons. The molecule has 2 heterocycles. The van der Waals surface area contributed by atoms with E-state index in [9.17, 15) is 34.2 Å². The van der Waals surface area contributed by atoms with Gasteiger partial charge in [0.2, 0.25) is 70.9 Å². The van der Waals surface area contributed by atoms with Gasteiger partial charge in [-0.05, 0) is 125 Å². The molecule has 2 fully saturated rings. The highest BCUT2D eigenvalue weighted by Crippen LogP contribution is 2.25. The number of hydrogen-bond acceptors (Lipinski definition) is 15. The minimum absolute atomic E-state index is 0.00382. The zero-order valence-corrected chi connectivity index (χ0v) is 66.6. The summed E-state index contributed by atoms with van der Waals surface area (Å²) < 4.78 is 5.78. The Morgan fingerprint density at radius 3 is 1.38 bits per heavy atom. The number of amides is 12. The molecule has 0 radical (unpaired) electrons. The van der Waals surface area contributed by atoms with E-state index < -0.39 is 163 Å². The van der Waals surface area contributed by atoms with Gasteiger partial charge in [-0.15, -0.1) is 0 Å². The molecule has 2 saturated heterocycles. The Kier molecular flexibility index (Phi) is 37.8. The average molecular weight is 1490 g/mol. The quantitative estimate of drug-likeness (QED) is 0.0889. The van der Waals surface area contributed by atoms with Gasteiger partial charge < -0.3 is 75.4 Å². The topological polar surface area (TPSA) is 329 Å². The number of nitrogens with one attached hydrogen (secondary N) is 4. The van der Waals surface area contributed by atoms with Crippen molar-refractivity contribution in [1.82, 2.24) is 60.5 Å². The van der Waals surface area contributed by atoms with E-state index in [-0.39, 0.29) is 94.6 Å². The molecule has 2 unspecified atom stereocenters. The Hall–Kier alpha value is -8.04. The molecule has 2 aliphatic heterocycles. The van der Waals surface area contributed by atoms with Crippen LogP contribution in [0.15, 0.2) is 60.7 Å². The number of piperidine rings is 1. The molecule has 27 heteroatoms. The normalized spacial score (nSPS) is 24.8. The standard InChI is InChI=1S/C79H128N12O15/c1-19-54(10)68-78(104)87(15)61(38-36-57-32-25-21-26-33-57)76(102)86(14)60(37-35-56-30-23-20-24-31-56)70(96)81-59(49-106-43-42-92)74(100)88(16)64(46-52(6)7)73(99)83-69(55(11)93)79(105)90(18)65(47-53(8)9)77(103)89(17)63(45-51(4)5)71(97)80-58(75(101)91-40-27-22-28-41-91)48-67(95)84(12)39-29-34-66(94)85(13)62(44-50(2)3)72(98)82-68/h20-21,23-26,30-33,50-55,58-65,68-69,92-93H,19,22,27-29,34-49H2,1-18H3,(H,80,97)(H,81,96)(H,82,98)(H,83,99)/t54-,55+,58-,59-,60?,61?,62-,63-,64-,65-,68-,69-/m0/s1. The molecular weight excluding hydrogens is 1360 g/mol. The number of hydrogen-bond donors (Lipinski definition) is 6. The first kappa shape index (κ1) is 90.4.